The molecule has 0 radical (unpaired) electrons. The predicted octanol–water partition coefficient (Wildman–Crippen LogP) is 2.90. The van der Waals surface area contributed by atoms with Crippen LogP contribution in [0.3, 0.4) is 0 Å². The van der Waals surface area contributed by atoms with Crippen molar-refractivity contribution < 1.29 is 9.50 Å². The fourth-order valence-corrected chi connectivity index (χ4v) is 2.09. The van der Waals surface area contributed by atoms with E-state index >= 15 is 0 Å². The van der Waals surface area contributed by atoms with E-state index in [1.165, 1.54) is 12.1 Å². The third kappa shape index (κ3) is 2.35. The van der Waals surface area contributed by atoms with Gasteiger partial charge in [0.15, 0.2) is 0 Å². The summed E-state index contributed by atoms with van der Waals surface area (Å²) in [5.74, 6) is 0.459. The van der Waals surface area contributed by atoms with Crippen LogP contribution in [0, 0.1) is 5.82 Å². The topological polar surface area (TPSA) is 48.9 Å². The number of benzene rings is 2. The Morgan fingerprint density at radius 3 is 2.63 bits per heavy atom. The van der Waals surface area contributed by atoms with Crippen molar-refractivity contribution in [1.29, 1.82) is 0 Å². The Morgan fingerprint density at radius 2 is 1.89 bits per heavy atom. The molecule has 0 aliphatic carbocycles. The number of H-pyrrole nitrogens is 1. The molecule has 1 aromatic heterocycles. The highest BCUT2D eigenvalue weighted by atomic mass is 19.1. The third-order valence-corrected chi connectivity index (χ3v) is 3.06. The molecule has 1 heterocycles. The molecular weight excluding hydrogens is 243 g/mol. The van der Waals surface area contributed by atoms with Gasteiger partial charge >= 0.3 is 0 Å². The molecule has 2 aromatic carbocycles. The number of aromatic amines is 1. The Balaban J connectivity index is 2.03. The maximum Gasteiger partial charge on any atom is 0.138 e. The van der Waals surface area contributed by atoms with Crippen LogP contribution < -0.4 is 0 Å². The highest BCUT2D eigenvalue weighted by molar-refractivity contribution is 5.80. The second-order valence-electron chi connectivity index (χ2n) is 4.42. The summed E-state index contributed by atoms with van der Waals surface area (Å²) >= 11 is 0. The first-order valence-electron chi connectivity index (χ1n) is 6.12. The van der Waals surface area contributed by atoms with Gasteiger partial charge in [-0.15, -0.1) is 0 Å². The molecule has 3 aromatic rings. The van der Waals surface area contributed by atoms with Gasteiger partial charge in [-0.3, -0.25) is 0 Å². The SMILES string of the molecule is OCCc1ccc2nc(-c3ccc(F)cc3)[nH]c2c1. The van der Waals surface area contributed by atoms with Crippen LogP contribution in [0.5, 0.6) is 0 Å². The summed E-state index contributed by atoms with van der Waals surface area (Å²) in [6.07, 6.45) is 0.626. The van der Waals surface area contributed by atoms with Crippen molar-refractivity contribution in [2.75, 3.05) is 6.61 Å². The van der Waals surface area contributed by atoms with E-state index < -0.39 is 0 Å². The number of nitrogens with zero attached hydrogens (tertiary/aromatic N) is 1. The molecule has 2 N–H and O–H groups in total. The number of aromatic nitrogens is 2. The number of hydrogen-bond donors (Lipinski definition) is 2. The molecule has 0 aliphatic rings. The van der Waals surface area contributed by atoms with E-state index in [9.17, 15) is 4.39 Å². The molecule has 0 saturated heterocycles. The number of hydrogen-bond acceptors (Lipinski definition) is 2. The van der Waals surface area contributed by atoms with Crippen LogP contribution in [0.4, 0.5) is 4.39 Å². The van der Waals surface area contributed by atoms with Crippen molar-refractivity contribution in [3.8, 4) is 11.4 Å². The number of rotatable bonds is 3. The third-order valence-electron chi connectivity index (χ3n) is 3.06. The van der Waals surface area contributed by atoms with Gasteiger partial charge in [0.1, 0.15) is 11.6 Å². The second kappa shape index (κ2) is 4.82. The normalized spacial score (nSPS) is 11.1. The minimum absolute atomic E-state index is 0.129. The summed E-state index contributed by atoms with van der Waals surface area (Å²) in [6, 6.07) is 12.1. The molecule has 0 spiro atoms. The minimum Gasteiger partial charge on any atom is -0.396 e. The lowest BCUT2D eigenvalue weighted by Crippen LogP contribution is -1.89. The number of fused-ring (bicyclic) bond motifs is 1. The average molecular weight is 256 g/mol. The molecule has 0 amide bonds. The first kappa shape index (κ1) is 11.9. The van der Waals surface area contributed by atoms with E-state index in [0.29, 0.717) is 6.42 Å². The monoisotopic (exact) mass is 256 g/mol. The van der Waals surface area contributed by atoms with Gasteiger partial charge in [0, 0.05) is 12.2 Å². The molecule has 4 heteroatoms. The van der Waals surface area contributed by atoms with Gasteiger partial charge in [-0.2, -0.15) is 0 Å². The van der Waals surface area contributed by atoms with Crippen molar-refractivity contribution in [2.24, 2.45) is 0 Å². The van der Waals surface area contributed by atoms with Gasteiger partial charge in [-0.05, 0) is 48.4 Å². The highest BCUT2D eigenvalue weighted by Gasteiger charge is 2.06. The van der Waals surface area contributed by atoms with Crippen LogP contribution >= 0.6 is 0 Å². The van der Waals surface area contributed by atoms with Crippen LogP contribution in [-0.2, 0) is 6.42 Å². The molecule has 0 atom stereocenters. The van der Waals surface area contributed by atoms with Crippen molar-refractivity contribution in [1.82, 2.24) is 9.97 Å². The van der Waals surface area contributed by atoms with Gasteiger partial charge in [0.2, 0.25) is 0 Å². The standard InChI is InChI=1S/C15H13FN2O/c16-12-4-2-11(3-5-12)15-17-13-6-1-10(7-8-19)9-14(13)18-15/h1-6,9,19H,7-8H2,(H,17,18). The zero-order valence-electron chi connectivity index (χ0n) is 10.2. The molecule has 0 unspecified atom stereocenters. The first-order valence-corrected chi connectivity index (χ1v) is 6.12. The Kier molecular flexibility index (Phi) is 3.01. The molecule has 96 valence electrons. The predicted molar refractivity (Wildman–Crippen MR) is 72.3 cm³/mol. The quantitative estimate of drug-likeness (QED) is 0.757. The lowest BCUT2D eigenvalue weighted by Gasteiger charge is -1.96. The molecule has 0 saturated carbocycles. The van der Waals surface area contributed by atoms with Gasteiger partial charge in [-0.25, -0.2) is 9.37 Å². The van der Waals surface area contributed by atoms with E-state index in [4.69, 9.17) is 5.11 Å². The number of aliphatic hydroxyl groups excluding tert-OH is 1. The summed E-state index contributed by atoms with van der Waals surface area (Å²) in [6.45, 7) is 0.129. The zero-order chi connectivity index (χ0) is 13.2. The van der Waals surface area contributed by atoms with Crippen molar-refractivity contribution in [2.45, 2.75) is 6.42 Å². The van der Waals surface area contributed by atoms with E-state index in [-0.39, 0.29) is 12.4 Å². The van der Waals surface area contributed by atoms with Crippen molar-refractivity contribution in [3.63, 3.8) is 0 Å². The van der Waals surface area contributed by atoms with Gasteiger partial charge < -0.3 is 10.1 Å². The van der Waals surface area contributed by atoms with Gasteiger partial charge in [0.25, 0.3) is 0 Å². The van der Waals surface area contributed by atoms with E-state index in [1.807, 2.05) is 18.2 Å². The summed E-state index contributed by atoms with van der Waals surface area (Å²) in [5.41, 5.74) is 3.69. The molecule has 3 nitrogen and oxygen atoms in total. The fourth-order valence-electron chi connectivity index (χ4n) is 2.09. The van der Waals surface area contributed by atoms with Crippen LogP contribution in [0.1, 0.15) is 5.56 Å². The zero-order valence-corrected chi connectivity index (χ0v) is 10.2. The van der Waals surface area contributed by atoms with Gasteiger partial charge in [-0.1, -0.05) is 6.07 Å². The summed E-state index contributed by atoms with van der Waals surface area (Å²) in [7, 11) is 0. The summed E-state index contributed by atoms with van der Waals surface area (Å²) in [5, 5.41) is 8.94. The molecule has 0 bridgehead atoms. The smallest absolute Gasteiger partial charge is 0.138 e. The Morgan fingerprint density at radius 1 is 1.11 bits per heavy atom. The largest absolute Gasteiger partial charge is 0.396 e. The number of halogens is 1. The summed E-state index contributed by atoms with van der Waals surface area (Å²) < 4.78 is 12.9. The Labute approximate surface area is 109 Å². The van der Waals surface area contributed by atoms with Crippen LogP contribution in [-0.4, -0.2) is 21.7 Å². The summed E-state index contributed by atoms with van der Waals surface area (Å²) in [4.78, 5) is 7.69. The maximum absolute atomic E-state index is 12.9. The number of imidazole rings is 1. The lowest BCUT2D eigenvalue weighted by molar-refractivity contribution is 0.299. The minimum atomic E-state index is -0.259. The first-order chi connectivity index (χ1) is 9.26. The average Bonchev–Trinajstić information content (AvgIpc) is 2.83. The number of aliphatic hydroxyl groups is 1. The maximum atomic E-state index is 12.9. The Bertz CT molecular complexity index is 704. The van der Waals surface area contributed by atoms with Crippen molar-refractivity contribution in [3.05, 3.63) is 53.8 Å². The van der Waals surface area contributed by atoms with Crippen LogP contribution in [0.25, 0.3) is 22.4 Å². The molecule has 0 fully saturated rings. The van der Waals surface area contributed by atoms with Crippen LogP contribution in [0.2, 0.25) is 0 Å². The molecule has 19 heavy (non-hydrogen) atoms. The molecular formula is C15H13FN2O. The molecule has 3 rings (SSSR count). The van der Waals surface area contributed by atoms with Gasteiger partial charge in [0.05, 0.1) is 11.0 Å². The van der Waals surface area contributed by atoms with Crippen molar-refractivity contribution >= 4 is 11.0 Å². The highest BCUT2D eigenvalue weighted by Crippen LogP contribution is 2.21. The van der Waals surface area contributed by atoms with E-state index in [0.717, 1.165) is 28.0 Å². The van der Waals surface area contributed by atoms with E-state index in [2.05, 4.69) is 9.97 Å². The lowest BCUT2D eigenvalue weighted by atomic mass is 10.1. The van der Waals surface area contributed by atoms with Crippen LogP contribution in [0.15, 0.2) is 42.5 Å². The van der Waals surface area contributed by atoms with E-state index in [1.54, 1.807) is 12.1 Å². The fraction of sp³-hybridized carbons (Fsp3) is 0.133. The number of nitrogens with one attached hydrogen (secondary N) is 1. The Hall–Kier alpha value is -2.20. The molecule has 0 aliphatic heterocycles. The second-order valence-corrected chi connectivity index (χ2v) is 4.42.